The zero-order chi connectivity index (χ0) is 25.9. The van der Waals surface area contributed by atoms with Gasteiger partial charge in [0.15, 0.2) is 5.49 Å². The number of benzene rings is 1. The lowest BCUT2D eigenvalue weighted by atomic mass is 9.92. The first kappa shape index (κ1) is 27.7. The standard InChI is InChI=1S/C24H34F3N3O4/c1-22(2,3)19-14-20(30(29(19)6)11-8-12-33-7)28-21(31)17-13-16(24(25,26)27)9-10-18(17)34-15-23(4,5)32/h9-10,13-14,32H,8,11-12,15H2,1-7H3. The third kappa shape index (κ3) is 7.20. The van der Waals surface area contributed by atoms with E-state index >= 15 is 0 Å². The molecule has 7 nitrogen and oxygen atoms in total. The number of halogens is 3. The molecule has 0 saturated heterocycles. The first-order valence-electron chi connectivity index (χ1n) is 11.0. The maximum atomic E-state index is 13.3. The van der Waals surface area contributed by atoms with Gasteiger partial charge in [0.2, 0.25) is 0 Å². The first-order chi connectivity index (χ1) is 15.5. The first-order valence-corrected chi connectivity index (χ1v) is 11.0. The minimum absolute atomic E-state index is 0.0817. The fourth-order valence-corrected chi connectivity index (χ4v) is 3.41. The molecule has 2 rings (SSSR count). The third-order valence-corrected chi connectivity index (χ3v) is 5.06. The van der Waals surface area contributed by atoms with Crippen molar-refractivity contribution < 1.29 is 32.5 Å². The van der Waals surface area contributed by atoms with Gasteiger partial charge >= 0.3 is 6.18 Å². The number of aliphatic hydroxyl groups is 1. The number of ether oxygens (including phenoxy) is 2. The van der Waals surface area contributed by atoms with Gasteiger partial charge in [0.25, 0.3) is 5.91 Å². The summed E-state index contributed by atoms with van der Waals surface area (Å²) in [5, 5.41) is 9.95. The lowest BCUT2D eigenvalue weighted by molar-refractivity contribution is -0.137. The predicted molar refractivity (Wildman–Crippen MR) is 122 cm³/mol. The molecule has 0 aliphatic rings. The molecule has 0 saturated carbocycles. The lowest BCUT2D eigenvalue weighted by Gasteiger charge is -2.20. The Kier molecular flexibility index (Phi) is 8.42. The van der Waals surface area contributed by atoms with Crippen LogP contribution in [0.4, 0.5) is 13.2 Å². The fourth-order valence-electron chi connectivity index (χ4n) is 3.41. The van der Waals surface area contributed by atoms with Crippen molar-refractivity contribution in [3.8, 4) is 5.75 Å². The van der Waals surface area contributed by atoms with Gasteiger partial charge in [-0.3, -0.25) is 14.2 Å². The largest absolute Gasteiger partial charge is 0.490 e. The molecule has 1 amide bonds. The molecule has 1 heterocycles. The minimum Gasteiger partial charge on any atom is -0.490 e. The number of hydrogen-bond acceptors (Lipinski definition) is 4. The number of carbonyl (C=O) groups is 1. The predicted octanol–water partition coefficient (Wildman–Crippen LogP) is 4.07. The van der Waals surface area contributed by atoms with Gasteiger partial charge in [0.05, 0.1) is 16.7 Å². The second kappa shape index (κ2) is 10.4. The highest BCUT2D eigenvalue weighted by atomic mass is 19.4. The second-order valence-corrected chi connectivity index (χ2v) is 9.86. The van der Waals surface area contributed by atoms with Gasteiger partial charge in [-0.2, -0.15) is 18.2 Å². The molecular weight excluding hydrogens is 451 g/mol. The van der Waals surface area contributed by atoms with Crippen LogP contribution >= 0.6 is 0 Å². The molecule has 0 aliphatic carbocycles. The van der Waals surface area contributed by atoms with Crippen LogP contribution in [0.1, 0.15) is 62.7 Å². The summed E-state index contributed by atoms with van der Waals surface area (Å²) >= 11 is 0. The molecule has 0 bridgehead atoms. The molecule has 0 fully saturated rings. The summed E-state index contributed by atoms with van der Waals surface area (Å²) in [6.45, 7) is 9.81. The number of hydrogen-bond donors (Lipinski definition) is 1. The number of nitrogens with zero attached hydrogens (tertiary/aromatic N) is 3. The Morgan fingerprint density at radius 2 is 1.76 bits per heavy atom. The highest BCUT2D eigenvalue weighted by Gasteiger charge is 2.32. The van der Waals surface area contributed by atoms with E-state index in [1.54, 1.807) is 17.9 Å². The fraction of sp³-hybridized carbons (Fsp3) is 0.583. The number of carbonyl (C=O) groups excluding carboxylic acids is 1. The summed E-state index contributed by atoms with van der Waals surface area (Å²) in [4.78, 5) is 17.4. The van der Waals surface area contributed by atoms with E-state index in [2.05, 4.69) is 4.99 Å². The van der Waals surface area contributed by atoms with Crippen molar-refractivity contribution in [3.05, 3.63) is 46.6 Å². The summed E-state index contributed by atoms with van der Waals surface area (Å²) in [6, 6.07) is 4.40. The van der Waals surface area contributed by atoms with Crippen LogP contribution in [0, 0.1) is 0 Å². The number of amides is 1. The highest BCUT2D eigenvalue weighted by Crippen LogP contribution is 2.33. The van der Waals surface area contributed by atoms with E-state index in [0.29, 0.717) is 25.1 Å². The van der Waals surface area contributed by atoms with Crippen LogP contribution in [-0.4, -0.2) is 46.3 Å². The van der Waals surface area contributed by atoms with Crippen LogP contribution in [0.15, 0.2) is 29.3 Å². The molecule has 2 aromatic rings. The van der Waals surface area contributed by atoms with Crippen molar-refractivity contribution in [3.63, 3.8) is 0 Å². The Hall–Kier alpha value is -2.59. The van der Waals surface area contributed by atoms with Crippen LogP contribution in [-0.2, 0) is 29.9 Å². The topological polar surface area (TPSA) is 78.0 Å². The number of alkyl halides is 3. The summed E-state index contributed by atoms with van der Waals surface area (Å²) < 4.78 is 54.3. The van der Waals surface area contributed by atoms with Crippen molar-refractivity contribution in [1.82, 2.24) is 9.36 Å². The Morgan fingerprint density at radius 1 is 1.12 bits per heavy atom. The molecule has 190 valence electrons. The van der Waals surface area contributed by atoms with Gasteiger partial charge in [-0.1, -0.05) is 20.8 Å². The Balaban J connectivity index is 2.62. The van der Waals surface area contributed by atoms with E-state index in [9.17, 15) is 23.1 Å². The van der Waals surface area contributed by atoms with Crippen molar-refractivity contribution in [1.29, 1.82) is 0 Å². The van der Waals surface area contributed by atoms with E-state index in [4.69, 9.17) is 9.47 Å². The molecule has 1 N–H and O–H groups in total. The molecule has 0 aliphatic heterocycles. The molecule has 0 radical (unpaired) electrons. The SMILES string of the molecule is COCCCn1c(=NC(=O)c2cc(C(F)(F)F)ccc2OCC(C)(C)O)cc(C(C)(C)C)n1C. The van der Waals surface area contributed by atoms with E-state index in [1.165, 1.54) is 13.8 Å². The van der Waals surface area contributed by atoms with Gasteiger partial charge in [-0.25, -0.2) is 0 Å². The summed E-state index contributed by atoms with van der Waals surface area (Å²) in [7, 11) is 3.44. The van der Waals surface area contributed by atoms with Crippen LogP contribution in [0.5, 0.6) is 5.75 Å². The monoisotopic (exact) mass is 485 g/mol. The molecule has 1 aromatic carbocycles. The smallest absolute Gasteiger partial charge is 0.416 e. The molecule has 34 heavy (non-hydrogen) atoms. The van der Waals surface area contributed by atoms with Crippen molar-refractivity contribution in [2.75, 3.05) is 20.3 Å². The Labute approximate surface area is 197 Å². The zero-order valence-corrected chi connectivity index (χ0v) is 20.8. The molecular formula is C24H34F3N3O4. The van der Waals surface area contributed by atoms with E-state index in [1.807, 2.05) is 32.5 Å². The van der Waals surface area contributed by atoms with E-state index in [0.717, 1.165) is 23.9 Å². The van der Waals surface area contributed by atoms with Gasteiger partial charge in [-0.15, -0.1) is 0 Å². The average molecular weight is 486 g/mol. The molecule has 0 unspecified atom stereocenters. The number of aromatic nitrogens is 2. The van der Waals surface area contributed by atoms with Crippen molar-refractivity contribution in [2.45, 2.75) is 64.8 Å². The van der Waals surface area contributed by atoms with Gasteiger partial charge < -0.3 is 14.6 Å². The Morgan fingerprint density at radius 3 is 2.29 bits per heavy atom. The second-order valence-electron chi connectivity index (χ2n) is 9.86. The molecule has 0 atom stereocenters. The van der Waals surface area contributed by atoms with Crippen LogP contribution in [0.2, 0.25) is 0 Å². The lowest BCUT2D eigenvalue weighted by Crippen LogP contribution is -2.28. The van der Waals surface area contributed by atoms with E-state index in [-0.39, 0.29) is 23.3 Å². The van der Waals surface area contributed by atoms with Gasteiger partial charge in [0.1, 0.15) is 12.4 Å². The van der Waals surface area contributed by atoms with E-state index < -0.39 is 23.2 Å². The summed E-state index contributed by atoms with van der Waals surface area (Å²) in [5.74, 6) is -0.954. The quantitative estimate of drug-likeness (QED) is 0.572. The zero-order valence-electron chi connectivity index (χ0n) is 20.8. The number of methoxy groups -OCH3 is 1. The van der Waals surface area contributed by atoms with Crippen LogP contribution < -0.4 is 10.2 Å². The minimum atomic E-state index is -4.64. The summed E-state index contributed by atoms with van der Waals surface area (Å²) in [6.07, 6.45) is -3.99. The van der Waals surface area contributed by atoms with Crippen LogP contribution in [0.3, 0.4) is 0 Å². The maximum Gasteiger partial charge on any atom is 0.416 e. The third-order valence-electron chi connectivity index (χ3n) is 5.06. The number of rotatable bonds is 8. The van der Waals surface area contributed by atoms with Crippen LogP contribution in [0.25, 0.3) is 0 Å². The highest BCUT2D eigenvalue weighted by molar-refractivity contribution is 5.97. The van der Waals surface area contributed by atoms with Crippen molar-refractivity contribution in [2.24, 2.45) is 12.0 Å². The Bertz CT molecular complexity index is 1070. The van der Waals surface area contributed by atoms with Crippen molar-refractivity contribution >= 4 is 5.91 Å². The molecule has 1 aromatic heterocycles. The molecule has 10 heteroatoms. The van der Waals surface area contributed by atoms with Gasteiger partial charge in [-0.05, 0) is 38.5 Å². The average Bonchev–Trinajstić information content (AvgIpc) is 3.01. The summed E-state index contributed by atoms with van der Waals surface area (Å²) in [5.41, 5.74) is -1.60. The normalized spacial score (nSPS) is 13.4. The van der Waals surface area contributed by atoms with Gasteiger partial charge in [0, 0.05) is 44.5 Å². The maximum absolute atomic E-state index is 13.3. The molecule has 0 spiro atoms.